The van der Waals surface area contributed by atoms with Crippen molar-refractivity contribution >= 4 is 5.91 Å². The molecule has 0 aliphatic heterocycles. The van der Waals surface area contributed by atoms with Gasteiger partial charge in [0.25, 0.3) is 5.91 Å². The lowest BCUT2D eigenvalue weighted by molar-refractivity contribution is -0.123. The number of benzene rings is 2. The fraction of sp³-hybridized carbons (Fsp3) is 0.409. The van der Waals surface area contributed by atoms with E-state index in [1.54, 1.807) is 0 Å². The maximum Gasteiger partial charge on any atom is 0.258 e. The lowest BCUT2D eigenvalue weighted by Gasteiger charge is -2.21. The first-order valence-corrected chi connectivity index (χ1v) is 9.27. The van der Waals surface area contributed by atoms with Gasteiger partial charge in [0.1, 0.15) is 5.75 Å². The number of amides is 1. The second kappa shape index (κ2) is 8.19. The predicted molar refractivity (Wildman–Crippen MR) is 101 cm³/mol. The van der Waals surface area contributed by atoms with Gasteiger partial charge in [0, 0.05) is 0 Å². The predicted octanol–water partition coefficient (Wildman–Crippen LogP) is 4.52. The van der Waals surface area contributed by atoms with Gasteiger partial charge in [-0.1, -0.05) is 48.9 Å². The zero-order valence-electron chi connectivity index (χ0n) is 15.2. The van der Waals surface area contributed by atoms with Crippen LogP contribution in [-0.2, 0) is 17.6 Å². The Labute approximate surface area is 150 Å². The first kappa shape index (κ1) is 17.5. The molecule has 0 saturated heterocycles. The molecule has 0 heterocycles. The first-order valence-electron chi connectivity index (χ1n) is 9.27. The Morgan fingerprint density at radius 3 is 2.64 bits per heavy atom. The maximum absolute atomic E-state index is 12.4. The molecule has 1 unspecified atom stereocenters. The molecule has 1 amide bonds. The quantitative estimate of drug-likeness (QED) is 0.841. The Hall–Kier alpha value is -2.29. The Kier molecular flexibility index (Phi) is 5.75. The summed E-state index contributed by atoms with van der Waals surface area (Å²) in [5.41, 5.74) is 5.02. The van der Waals surface area contributed by atoms with E-state index in [4.69, 9.17) is 4.74 Å². The summed E-state index contributed by atoms with van der Waals surface area (Å²) in [7, 11) is 0. The molecule has 1 atom stereocenters. The van der Waals surface area contributed by atoms with Crippen LogP contribution >= 0.6 is 0 Å². The summed E-state index contributed by atoms with van der Waals surface area (Å²) in [5, 5.41) is 3.09. The Bertz CT molecular complexity index is 721. The summed E-state index contributed by atoms with van der Waals surface area (Å²) in [6, 6.07) is 14.5. The van der Waals surface area contributed by atoms with Crippen molar-refractivity contribution in [3.63, 3.8) is 0 Å². The van der Waals surface area contributed by atoms with Crippen molar-refractivity contribution in [1.82, 2.24) is 5.32 Å². The van der Waals surface area contributed by atoms with E-state index in [0.29, 0.717) is 0 Å². The SMILES string of the molecule is CCC(NC(=O)COc1cccc2c1CCCC2)c1ccc(C)cc1. The van der Waals surface area contributed by atoms with Gasteiger partial charge in [0.15, 0.2) is 6.61 Å². The number of ether oxygens (including phenoxy) is 1. The zero-order chi connectivity index (χ0) is 17.6. The molecular weight excluding hydrogens is 310 g/mol. The van der Waals surface area contributed by atoms with Crippen molar-refractivity contribution in [2.24, 2.45) is 0 Å². The van der Waals surface area contributed by atoms with Gasteiger partial charge in [0.05, 0.1) is 6.04 Å². The molecule has 132 valence electrons. The van der Waals surface area contributed by atoms with E-state index in [-0.39, 0.29) is 18.6 Å². The van der Waals surface area contributed by atoms with E-state index in [9.17, 15) is 4.79 Å². The van der Waals surface area contributed by atoms with Crippen molar-refractivity contribution in [3.8, 4) is 5.75 Å². The minimum atomic E-state index is -0.0687. The molecule has 25 heavy (non-hydrogen) atoms. The molecule has 3 heteroatoms. The van der Waals surface area contributed by atoms with Crippen molar-refractivity contribution in [2.45, 2.75) is 52.0 Å². The second-order valence-corrected chi connectivity index (χ2v) is 6.83. The molecule has 0 aromatic heterocycles. The summed E-state index contributed by atoms with van der Waals surface area (Å²) in [6.45, 7) is 4.22. The summed E-state index contributed by atoms with van der Waals surface area (Å²) >= 11 is 0. The number of hydrogen-bond donors (Lipinski definition) is 1. The fourth-order valence-electron chi connectivity index (χ4n) is 3.48. The monoisotopic (exact) mass is 337 g/mol. The average Bonchev–Trinajstić information content (AvgIpc) is 2.65. The van der Waals surface area contributed by atoms with E-state index < -0.39 is 0 Å². The summed E-state index contributed by atoms with van der Waals surface area (Å²) in [4.78, 5) is 12.4. The van der Waals surface area contributed by atoms with Gasteiger partial charge in [-0.05, 0) is 61.8 Å². The lowest BCUT2D eigenvalue weighted by Crippen LogP contribution is -2.32. The van der Waals surface area contributed by atoms with E-state index >= 15 is 0 Å². The van der Waals surface area contributed by atoms with Crippen LogP contribution in [0.2, 0.25) is 0 Å². The highest BCUT2D eigenvalue weighted by Gasteiger charge is 2.16. The summed E-state index contributed by atoms with van der Waals surface area (Å²) in [6.07, 6.45) is 5.46. The minimum absolute atomic E-state index is 0.0291. The van der Waals surface area contributed by atoms with Crippen LogP contribution in [0.3, 0.4) is 0 Å². The molecule has 3 rings (SSSR count). The van der Waals surface area contributed by atoms with Crippen LogP contribution < -0.4 is 10.1 Å². The molecule has 0 bridgehead atoms. The fourth-order valence-corrected chi connectivity index (χ4v) is 3.48. The van der Waals surface area contributed by atoms with Gasteiger partial charge in [-0.25, -0.2) is 0 Å². The largest absolute Gasteiger partial charge is 0.483 e. The number of nitrogens with one attached hydrogen (secondary N) is 1. The van der Waals surface area contributed by atoms with Gasteiger partial charge in [-0.2, -0.15) is 0 Å². The highest BCUT2D eigenvalue weighted by Crippen LogP contribution is 2.29. The molecule has 3 nitrogen and oxygen atoms in total. The number of carbonyl (C=O) groups excluding carboxylic acids is 1. The minimum Gasteiger partial charge on any atom is -0.483 e. The molecule has 1 aliphatic carbocycles. The molecule has 1 N–H and O–H groups in total. The van der Waals surface area contributed by atoms with Crippen LogP contribution in [0.15, 0.2) is 42.5 Å². The smallest absolute Gasteiger partial charge is 0.258 e. The third kappa shape index (κ3) is 4.41. The van der Waals surface area contributed by atoms with E-state index in [1.165, 1.54) is 29.5 Å². The van der Waals surface area contributed by atoms with Gasteiger partial charge in [-0.3, -0.25) is 4.79 Å². The van der Waals surface area contributed by atoms with Crippen molar-refractivity contribution in [3.05, 3.63) is 64.7 Å². The zero-order valence-corrected chi connectivity index (χ0v) is 15.2. The Morgan fingerprint density at radius 1 is 1.12 bits per heavy atom. The molecule has 2 aromatic carbocycles. The van der Waals surface area contributed by atoms with Crippen LogP contribution in [0.5, 0.6) is 5.75 Å². The highest BCUT2D eigenvalue weighted by molar-refractivity contribution is 5.78. The Morgan fingerprint density at radius 2 is 1.88 bits per heavy atom. The third-order valence-corrected chi connectivity index (χ3v) is 4.93. The third-order valence-electron chi connectivity index (χ3n) is 4.93. The normalized spacial score (nSPS) is 14.5. The van der Waals surface area contributed by atoms with Gasteiger partial charge in [0.2, 0.25) is 0 Å². The standard InChI is InChI=1S/C22H27NO2/c1-3-20(18-13-11-16(2)12-14-18)23-22(24)15-25-21-10-6-8-17-7-4-5-9-19(17)21/h6,8,10-14,20H,3-5,7,9,15H2,1-2H3,(H,23,24). The van der Waals surface area contributed by atoms with Crippen LogP contribution in [0, 0.1) is 6.92 Å². The van der Waals surface area contributed by atoms with E-state index in [2.05, 4.69) is 49.5 Å². The number of carbonyl (C=O) groups is 1. The topological polar surface area (TPSA) is 38.3 Å². The summed E-state index contributed by atoms with van der Waals surface area (Å²) < 4.78 is 5.85. The average molecular weight is 337 g/mol. The van der Waals surface area contributed by atoms with Gasteiger partial charge >= 0.3 is 0 Å². The molecule has 0 radical (unpaired) electrons. The van der Waals surface area contributed by atoms with Crippen LogP contribution in [0.25, 0.3) is 0 Å². The maximum atomic E-state index is 12.4. The molecule has 1 aliphatic rings. The number of aryl methyl sites for hydroxylation is 2. The van der Waals surface area contributed by atoms with Crippen molar-refractivity contribution < 1.29 is 9.53 Å². The first-order chi connectivity index (χ1) is 12.2. The molecular formula is C22H27NO2. The van der Waals surface area contributed by atoms with Crippen LogP contribution in [0.1, 0.15) is 54.5 Å². The Balaban J connectivity index is 1.60. The second-order valence-electron chi connectivity index (χ2n) is 6.83. The number of fused-ring (bicyclic) bond motifs is 1. The molecule has 2 aromatic rings. The lowest BCUT2D eigenvalue weighted by atomic mass is 9.91. The summed E-state index contributed by atoms with van der Waals surface area (Å²) in [5.74, 6) is 0.802. The molecule has 0 fully saturated rings. The van der Waals surface area contributed by atoms with Crippen molar-refractivity contribution in [2.75, 3.05) is 6.61 Å². The van der Waals surface area contributed by atoms with Gasteiger partial charge in [-0.15, -0.1) is 0 Å². The van der Waals surface area contributed by atoms with Crippen molar-refractivity contribution in [1.29, 1.82) is 0 Å². The van der Waals surface area contributed by atoms with E-state index in [0.717, 1.165) is 30.6 Å². The number of hydrogen-bond acceptors (Lipinski definition) is 2. The van der Waals surface area contributed by atoms with Crippen LogP contribution in [-0.4, -0.2) is 12.5 Å². The van der Waals surface area contributed by atoms with Crippen LogP contribution in [0.4, 0.5) is 0 Å². The molecule has 0 saturated carbocycles. The van der Waals surface area contributed by atoms with Gasteiger partial charge < -0.3 is 10.1 Å². The molecule has 0 spiro atoms. The van der Waals surface area contributed by atoms with E-state index in [1.807, 2.05) is 12.1 Å². The highest BCUT2D eigenvalue weighted by atomic mass is 16.5. The number of rotatable bonds is 6.